The Kier molecular flexibility index (Phi) is 5.38. The first-order valence-electron chi connectivity index (χ1n) is 8.41. The third-order valence-electron chi connectivity index (χ3n) is 4.23. The summed E-state index contributed by atoms with van der Waals surface area (Å²) in [5.41, 5.74) is 7.18. The molecular formula is C19H22N2O3S. The molecular weight excluding hydrogens is 336 g/mol. The van der Waals surface area contributed by atoms with Crippen molar-refractivity contribution < 1.29 is 14.3 Å². The van der Waals surface area contributed by atoms with Gasteiger partial charge >= 0.3 is 0 Å². The van der Waals surface area contributed by atoms with E-state index >= 15 is 0 Å². The highest BCUT2D eigenvalue weighted by atomic mass is 32.1. The lowest BCUT2D eigenvalue weighted by molar-refractivity contribution is -0.123. The van der Waals surface area contributed by atoms with Crippen LogP contribution in [0.5, 0.6) is 5.75 Å². The van der Waals surface area contributed by atoms with Crippen molar-refractivity contribution in [3.05, 3.63) is 51.2 Å². The summed E-state index contributed by atoms with van der Waals surface area (Å²) in [6.45, 7) is 4.03. The van der Waals surface area contributed by atoms with E-state index < -0.39 is 5.91 Å². The molecule has 2 N–H and O–H groups in total. The fraction of sp³-hybridized carbons (Fsp3) is 0.368. The molecule has 1 aromatic carbocycles. The fourth-order valence-electron chi connectivity index (χ4n) is 2.90. The Morgan fingerprint density at radius 2 is 2.12 bits per heavy atom. The van der Waals surface area contributed by atoms with Crippen molar-refractivity contribution in [2.24, 2.45) is 5.92 Å². The van der Waals surface area contributed by atoms with Crippen LogP contribution in [0.15, 0.2) is 30.3 Å². The summed E-state index contributed by atoms with van der Waals surface area (Å²) >= 11 is 1.51. The summed E-state index contributed by atoms with van der Waals surface area (Å²) in [5.74, 6) is 0.610. The number of rotatable bonds is 4. The monoisotopic (exact) mass is 358 g/mol. The van der Waals surface area contributed by atoms with Crippen LogP contribution in [0.4, 0.5) is 0 Å². The van der Waals surface area contributed by atoms with Crippen LogP contribution in [0.25, 0.3) is 0 Å². The first kappa shape index (κ1) is 17.5. The molecule has 1 atom stereocenters. The van der Waals surface area contributed by atoms with E-state index in [0.717, 1.165) is 18.4 Å². The molecule has 0 spiro atoms. The summed E-state index contributed by atoms with van der Waals surface area (Å²) < 4.78 is 5.40. The average Bonchev–Trinajstić information content (AvgIpc) is 3.01. The normalized spacial score (nSPS) is 16.0. The van der Waals surface area contributed by atoms with E-state index in [9.17, 15) is 9.59 Å². The van der Waals surface area contributed by atoms with Crippen molar-refractivity contribution in [2.45, 2.75) is 33.1 Å². The van der Waals surface area contributed by atoms with Crippen LogP contribution >= 0.6 is 11.3 Å². The van der Waals surface area contributed by atoms with Crippen molar-refractivity contribution in [1.82, 2.24) is 10.9 Å². The minimum absolute atomic E-state index is 0.151. The van der Waals surface area contributed by atoms with Crippen LogP contribution in [0.3, 0.4) is 0 Å². The van der Waals surface area contributed by atoms with Crippen LogP contribution in [-0.2, 0) is 17.6 Å². The summed E-state index contributed by atoms with van der Waals surface area (Å²) in [6.07, 6.45) is 3.22. The Morgan fingerprint density at radius 1 is 1.28 bits per heavy atom. The molecule has 2 amide bonds. The van der Waals surface area contributed by atoms with Crippen molar-refractivity contribution in [1.29, 1.82) is 0 Å². The largest absolute Gasteiger partial charge is 0.484 e. The van der Waals surface area contributed by atoms with Crippen LogP contribution in [-0.4, -0.2) is 18.4 Å². The van der Waals surface area contributed by atoms with Crippen LogP contribution in [0.1, 0.15) is 39.0 Å². The fourth-order valence-corrected chi connectivity index (χ4v) is 4.00. The van der Waals surface area contributed by atoms with Gasteiger partial charge < -0.3 is 4.74 Å². The number of benzene rings is 1. The molecule has 3 rings (SSSR count). The zero-order chi connectivity index (χ0) is 17.8. The summed E-state index contributed by atoms with van der Waals surface area (Å²) in [7, 11) is 0. The quantitative estimate of drug-likeness (QED) is 0.826. The van der Waals surface area contributed by atoms with E-state index in [1.54, 1.807) is 6.07 Å². The number of thiophene rings is 1. The molecule has 1 heterocycles. The van der Waals surface area contributed by atoms with E-state index in [1.807, 2.05) is 31.2 Å². The second-order valence-electron chi connectivity index (χ2n) is 6.51. The molecule has 6 heteroatoms. The number of carbonyl (C=O) groups is 2. The maximum atomic E-state index is 12.2. The second kappa shape index (κ2) is 7.70. The predicted molar refractivity (Wildman–Crippen MR) is 97.8 cm³/mol. The van der Waals surface area contributed by atoms with Gasteiger partial charge in [0.2, 0.25) is 0 Å². The van der Waals surface area contributed by atoms with E-state index in [2.05, 4.69) is 17.8 Å². The van der Waals surface area contributed by atoms with Crippen molar-refractivity contribution >= 4 is 23.2 Å². The van der Waals surface area contributed by atoms with Gasteiger partial charge in [0.1, 0.15) is 5.75 Å². The molecule has 1 aliphatic rings. The number of aryl methyl sites for hydroxylation is 2. The molecule has 5 nitrogen and oxygen atoms in total. The Hall–Kier alpha value is -2.34. The molecule has 0 radical (unpaired) electrons. The van der Waals surface area contributed by atoms with Gasteiger partial charge in [-0.2, -0.15) is 0 Å². The zero-order valence-electron chi connectivity index (χ0n) is 14.4. The smallest absolute Gasteiger partial charge is 0.279 e. The van der Waals surface area contributed by atoms with Crippen LogP contribution in [0.2, 0.25) is 0 Å². The van der Waals surface area contributed by atoms with Gasteiger partial charge in [-0.1, -0.05) is 19.1 Å². The molecule has 2 aromatic rings. The summed E-state index contributed by atoms with van der Waals surface area (Å²) in [6, 6.07) is 9.40. The number of ether oxygens (including phenoxy) is 1. The topological polar surface area (TPSA) is 67.4 Å². The number of nitrogens with one attached hydrogen (secondary N) is 2. The molecule has 1 aliphatic carbocycles. The van der Waals surface area contributed by atoms with Crippen molar-refractivity contribution in [2.75, 3.05) is 6.61 Å². The molecule has 0 bridgehead atoms. The number of amides is 2. The summed E-state index contributed by atoms with van der Waals surface area (Å²) in [5, 5.41) is 0. The molecule has 0 saturated heterocycles. The Morgan fingerprint density at radius 3 is 2.92 bits per heavy atom. The lowest BCUT2D eigenvalue weighted by atomic mass is 9.90. The molecule has 1 aromatic heterocycles. The maximum Gasteiger partial charge on any atom is 0.279 e. The Bertz CT molecular complexity index is 785. The van der Waals surface area contributed by atoms with Gasteiger partial charge in [-0.05, 0) is 61.4 Å². The lowest BCUT2D eigenvalue weighted by Gasteiger charge is -2.16. The van der Waals surface area contributed by atoms with E-state index in [4.69, 9.17) is 4.74 Å². The van der Waals surface area contributed by atoms with Gasteiger partial charge in [-0.25, -0.2) is 0 Å². The first-order chi connectivity index (χ1) is 12.0. The average molecular weight is 358 g/mol. The minimum atomic E-state index is -0.398. The zero-order valence-corrected chi connectivity index (χ0v) is 15.2. The first-order valence-corrected chi connectivity index (χ1v) is 9.23. The van der Waals surface area contributed by atoms with Gasteiger partial charge in [0.05, 0.1) is 4.88 Å². The van der Waals surface area contributed by atoms with E-state index in [1.165, 1.54) is 28.2 Å². The van der Waals surface area contributed by atoms with Gasteiger partial charge in [-0.15, -0.1) is 11.3 Å². The minimum Gasteiger partial charge on any atom is -0.484 e. The summed E-state index contributed by atoms with van der Waals surface area (Å²) in [4.78, 5) is 26.0. The number of carbonyl (C=O) groups excluding carboxylic acids is 2. The number of hydrogen-bond acceptors (Lipinski definition) is 4. The lowest BCUT2D eigenvalue weighted by Crippen LogP contribution is -2.43. The highest BCUT2D eigenvalue weighted by Crippen LogP contribution is 2.32. The highest BCUT2D eigenvalue weighted by molar-refractivity contribution is 7.14. The standard InChI is InChI=1S/C19H22N2O3S/c1-12-4-3-5-15(9-12)24-11-18(22)20-21-19(23)17-10-14-8-13(2)6-7-16(14)25-17/h3-5,9-10,13H,6-8,11H2,1-2H3,(H,20,22)(H,21,23). The maximum absolute atomic E-state index is 12.2. The molecule has 0 aliphatic heterocycles. The third-order valence-corrected chi connectivity index (χ3v) is 5.46. The molecule has 0 fully saturated rings. The van der Waals surface area contributed by atoms with Crippen LogP contribution in [0, 0.1) is 12.8 Å². The predicted octanol–water partition coefficient (Wildman–Crippen LogP) is 3.02. The van der Waals surface area contributed by atoms with E-state index in [0.29, 0.717) is 16.5 Å². The van der Waals surface area contributed by atoms with Gasteiger partial charge in [0.15, 0.2) is 6.61 Å². The van der Waals surface area contributed by atoms with Gasteiger partial charge in [0, 0.05) is 4.88 Å². The molecule has 25 heavy (non-hydrogen) atoms. The van der Waals surface area contributed by atoms with Crippen molar-refractivity contribution in [3.63, 3.8) is 0 Å². The molecule has 132 valence electrons. The van der Waals surface area contributed by atoms with Gasteiger partial charge in [-0.3, -0.25) is 20.4 Å². The number of hydrogen-bond donors (Lipinski definition) is 2. The molecule has 1 unspecified atom stereocenters. The SMILES string of the molecule is Cc1cccc(OCC(=O)NNC(=O)c2cc3c(s2)CCC(C)C3)c1. The Labute approximate surface area is 151 Å². The highest BCUT2D eigenvalue weighted by Gasteiger charge is 2.20. The second-order valence-corrected chi connectivity index (χ2v) is 7.65. The van der Waals surface area contributed by atoms with Crippen LogP contribution < -0.4 is 15.6 Å². The van der Waals surface area contributed by atoms with E-state index in [-0.39, 0.29) is 12.5 Å². The molecule has 0 saturated carbocycles. The number of hydrazine groups is 1. The third kappa shape index (κ3) is 4.60. The van der Waals surface area contributed by atoms with Crippen molar-refractivity contribution in [3.8, 4) is 5.75 Å². The van der Waals surface area contributed by atoms with Gasteiger partial charge in [0.25, 0.3) is 11.8 Å². The number of fused-ring (bicyclic) bond motifs is 1. The Balaban J connectivity index is 1.48.